The van der Waals surface area contributed by atoms with Crippen LogP contribution in [0.2, 0.25) is 0 Å². The van der Waals surface area contributed by atoms with Crippen LogP contribution in [0.5, 0.6) is 5.75 Å². The topological polar surface area (TPSA) is 73.9 Å². The van der Waals surface area contributed by atoms with Gasteiger partial charge in [0.05, 0.1) is 6.04 Å². The molecule has 1 atom stereocenters. The highest BCUT2D eigenvalue weighted by Crippen LogP contribution is 2.44. The van der Waals surface area contributed by atoms with Gasteiger partial charge in [0, 0.05) is 49.8 Å². The lowest BCUT2D eigenvalue weighted by Crippen LogP contribution is -2.52. The van der Waals surface area contributed by atoms with Crippen molar-refractivity contribution in [1.82, 2.24) is 15.1 Å². The van der Waals surface area contributed by atoms with Crippen LogP contribution in [-0.4, -0.2) is 60.6 Å². The minimum absolute atomic E-state index is 0.0414. The number of ether oxygens (including phenoxy) is 1. The molecule has 1 unspecified atom stereocenters. The number of fused-ring (bicyclic) bond motifs is 1. The molecule has 0 bridgehead atoms. The maximum absolute atomic E-state index is 13.3. The Morgan fingerprint density at radius 3 is 2.35 bits per heavy atom. The zero-order valence-electron chi connectivity index (χ0n) is 19.8. The molecule has 0 aliphatic carbocycles. The number of anilines is 1. The van der Waals surface area contributed by atoms with Crippen molar-refractivity contribution in [3.63, 3.8) is 0 Å². The monoisotopic (exact) mass is 462 g/mol. The minimum atomic E-state index is -0.211. The van der Waals surface area contributed by atoms with Crippen molar-refractivity contribution in [2.75, 3.05) is 38.5 Å². The molecule has 2 saturated heterocycles. The molecule has 7 nitrogen and oxygen atoms in total. The van der Waals surface area contributed by atoms with Crippen LogP contribution in [0.4, 0.5) is 10.5 Å². The smallest absolute Gasteiger partial charge is 0.321 e. The molecule has 3 amide bonds. The molecule has 2 N–H and O–H groups in total. The van der Waals surface area contributed by atoms with E-state index in [2.05, 4.69) is 28.6 Å². The third kappa shape index (κ3) is 4.89. The van der Waals surface area contributed by atoms with Gasteiger partial charge in [0.2, 0.25) is 5.91 Å². The summed E-state index contributed by atoms with van der Waals surface area (Å²) in [5.74, 6) is 0.910. The quantitative estimate of drug-likeness (QED) is 0.722. The number of hydrogen-bond acceptors (Lipinski definition) is 4. The number of carbonyl (C=O) groups is 2. The highest BCUT2D eigenvalue weighted by Gasteiger charge is 2.43. The Kier molecular flexibility index (Phi) is 6.46. The first-order valence-corrected chi connectivity index (χ1v) is 12.4. The summed E-state index contributed by atoms with van der Waals surface area (Å²) >= 11 is 0. The fourth-order valence-electron chi connectivity index (χ4n) is 5.44. The molecule has 3 aliphatic heterocycles. The number of benzene rings is 2. The summed E-state index contributed by atoms with van der Waals surface area (Å²) in [5.41, 5.74) is 1.64. The van der Waals surface area contributed by atoms with Gasteiger partial charge in [-0.05, 0) is 50.9 Å². The van der Waals surface area contributed by atoms with Crippen LogP contribution in [0.1, 0.15) is 43.7 Å². The van der Waals surface area contributed by atoms with Crippen LogP contribution >= 0.6 is 0 Å². The lowest BCUT2D eigenvalue weighted by molar-refractivity contribution is -0.127. The lowest BCUT2D eigenvalue weighted by Gasteiger charge is -2.46. The van der Waals surface area contributed by atoms with Crippen molar-refractivity contribution in [3.8, 4) is 5.75 Å². The number of amides is 3. The van der Waals surface area contributed by atoms with Crippen LogP contribution in [0, 0.1) is 5.92 Å². The van der Waals surface area contributed by atoms with E-state index in [1.165, 1.54) is 0 Å². The zero-order chi connectivity index (χ0) is 23.5. The molecule has 180 valence electrons. The molecule has 3 aliphatic rings. The van der Waals surface area contributed by atoms with Gasteiger partial charge in [0.25, 0.3) is 0 Å². The Morgan fingerprint density at radius 2 is 1.62 bits per heavy atom. The van der Waals surface area contributed by atoms with Crippen molar-refractivity contribution in [2.24, 2.45) is 5.92 Å². The van der Waals surface area contributed by atoms with E-state index in [1.807, 2.05) is 48.5 Å². The minimum Gasteiger partial charge on any atom is -0.487 e. The lowest BCUT2D eigenvalue weighted by atomic mass is 9.80. The first-order valence-electron chi connectivity index (χ1n) is 12.4. The number of carbonyl (C=O) groups excluding carboxylic acids is 2. The summed E-state index contributed by atoms with van der Waals surface area (Å²) < 4.78 is 6.53. The highest BCUT2D eigenvalue weighted by molar-refractivity contribution is 5.89. The Bertz CT molecular complexity index is 1010. The number of likely N-dealkylation sites (tertiary alicyclic amines) is 2. The first-order chi connectivity index (χ1) is 16.5. The van der Waals surface area contributed by atoms with E-state index in [0.29, 0.717) is 25.9 Å². The van der Waals surface area contributed by atoms with Crippen molar-refractivity contribution >= 4 is 17.6 Å². The van der Waals surface area contributed by atoms with Crippen molar-refractivity contribution in [2.45, 2.75) is 43.7 Å². The van der Waals surface area contributed by atoms with Crippen LogP contribution in [0.15, 0.2) is 54.6 Å². The number of piperidine rings is 2. The molecule has 0 aromatic heterocycles. The third-order valence-corrected chi connectivity index (χ3v) is 7.59. The Balaban J connectivity index is 1.20. The number of nitrogens with zero attached hydrogens (tertiary/aromatic N) is 2. The predicted octanol–water partition coefficient (Wildman–Crippen LogP) is 4.03. The van der Waals surface area contributed by atoms with Gasteiger partial charge < -0.3 is 25.2 Å². The van der Waals surface area contributed by atoms with Gasteiger partial charge in [0.1, 0.15) is 11.4 Å². The summed E-state index contributed by atoms with van der Waals surface area (Å²) in [6.07, 6.45) is 4.10. The third-order valence-electron chi connectivity index (χ3n) is 7.59. The molecule has 34 heavy (non-hydrogen) atoms. The normalized spacial score (nSPS) is 22.5. The standard InChI is InChI=1S/C27H34N4O3/c1-30-17-13-27(14-18-30)19-23(22-9-5-6-10-24(22)34-27)29-25(32)20-11-15-31(16-12-20)26(33)28-21-7-3-2-4-8-21/h2-10,20,23H,11-19H2,1H3,(H,28,33)(H,29,32). The molecular formula is C27H34N4O3. The fourth-order valence-corrected chi connectivity index (χ4v) is 5.44. The van der Waals surface area contributed by atoms with Crippen molar-refractivity contribution in [3.05, 3.63) is 60.2 Å². The fraction of sp³-hybridized carbons (Fsp3) is 0.481. The van der Waals surface area contributed by atoms with E-state index in [9.17, 15) is 9.59 Å². The van der Waals surface area contributed by atoms with Crippen LogP contribution in [0.25, 0.3) is 0 Å². The van der Waals surface area contributed by atoms with E-state index in [0.717, 1.165) is 49.4 Å². The van der Waals surface area contributed by atoms with Gasteiger partial charge in [-0.3, -0.25) is 4.79 Å². The van der Waals surface area contributed by atoms with Crippen LogP contribution < -0.4 is 15.4 Å². The second-order valence-corrected chi connectivity index (χ2v) is 9.95. The zero-order valence-corrected chi connectivity index (χ0v) is 19.8. The van der Waals surface area contributed by atoms with Crippen LogP contribution in [-0.2, 0) is 4.79 Å². The molecule has 5 rings (SSSR count). The predicted molar refractivity (Wildman–Crippen MR) is 132 cm³/mol. The van der Waals surface area contributed by atoms with E-state index < -0.39 is 0 Å². The second kappa shape index (κ2) is 9.66. The SMILES string of the molecule is CN1CCC2(CC1)CC(NC(=O)C1CCN(C(=O)Nc3ccccc3)CC1)c1ccccc1O2. The number of rotatable bonds is 3. The molecule has 2 aromatic rings. The van der Waals surface area contributed by atoms with E-state index >= 15 is 0 Å². The molecule has 0 radical (unpaired) electrons. The molecule has 2 fully saturated rings. The largest absolute Gasteiger partial charge is 0.487 e. The Morgan fingerprint density at radius 1 is 0.941 bits per heavy atom. The summed E-state index contributed by atoms with van der Waals surface area (Å²) in [6, 6.07) is 17.4. The maximum Gasteiger partial charge on any atom is 0.321 e. The molecule has 0 saturated carbocycles. The molecule has 3 heterocycles. The molecule has 7 heteroatoms. The summed E-state index contributed by atoms with van der Waals surface area (Å²) in [5, 5.41) is 6.30. The summed E-state index contributed by atoms with van der Waals surface area (Å²) in [4.78, 5) is 30.0. The average molecular weight is 463 g/mol. The Hall–Kier alpha value is -3.06. The van der Waals surface area contributed by atoms with Crippen molar-refractivity contribution < 1.29 is 14.3 Å². The van der Waals surface area contributed by atoms with E-state index in [4.69, 9.17) is 4.74 Å². The Labute approximate surface area is 201 Å². The average Bonchev–Trinajstić information content (AvgIpc) is 2.87. The van der Waals surface area contributed by atoms with Gasteiger partial charge in [-0.2, -0.15) is 0 Å². The molecule has 1 spiro atoms. The van der Waals surface area contributed by atoms with E-state index in [-0.39, 0.29) is 29.5 Å². The number of nitrogens with one attached hydrogen (secondary N) is 2. The number of para-hydroxylation sites is 2. The van der Waals surface area contributed by atoms with E-state index in [1.54, 1.807) is 4.90 Å². The van der Waals surface area contributed by atoms with Gasteiger partial charge in [-0.1, -0.05) is 36.4 Å². The number of urea groups is 1. The molecule has 2 aromatic carbocycles. The van der Waals surface area contributed by atoms with Gasteiger partial charge in [-0.25, -0.2) is 4.79 Å². The van der Waals surface area contributed by atoms with Crippen molar-refractivity contribution in [1.29, 1.82) is 0 Å². The number of hydrogen-bond donors (Lipinski definition) is 2. The summed E-state index contributed by atoms with van der Waals surface area (Å²) in [7, 11) is 2.15. The maximum atomic E-state index is 13.3. The highest BCUT2D eigenvalue weighted by atomic mass is 16.5. The van der Waals surface area contributed by atoms with Gasteiger partial charge in [0.15, 0.2) is 0 Å². The summed E-state index contributed by atoms with van der Waals surface area (Å²) in [6.45, 7) is 3.17. The van der Waals surface area contributed by atoms with Gasteiger partial charge in [-0.15, -0.1) is 0 Å². The van der Waals surface area contributed by atoms with Crippen LogP contribution in [0.3, 0.4) is 0 Å². The molecular weight excluding hydrogens is 428 g/mol. The second-order valence-electron chi connectivity index (χ2n) is 9.95. The first kappa shape index (κ1) is 22.7. The van der Waals surface area contributed by atoms with Gasteiger partial charge >= 0.3 is 6.03 Å².